The first-order chi connectivity index (χ1) is 7.66. The van der Waals surface area contributed by atoms with Gasteiger partial charge in [0, 0.05) is 6.54 Å². The Kier molecular flexibility index (Phi) is 2.95. The normalized spacial score (nSPS) is 10.4. The van der Waals surface area contributed by atoms with Crippen LogP contribution in [0.5, 0.6) is 5.75 Å². The molecule has 7 heteroatoms. The lowest BCUT2D eigenvalue weighted by Gasteiger charge is -2.04. The number of halogens is 2. The van der Waals surface area contributed by atoms with Crippen LogP contribution in [-0.4, -0.2) is 15.3 Å². The minimum atomic E-state index is -0.978. The summed E-state index contributed by atoms with van der Waals surface area (Å²) >= 11 is 1.28. The van der Waals surface area contributed by atoms with Gasteiger partial charge in [-0.05, 0) is 17.7 Å². The van der Waals surface area contributed by atoms with E-state index in [0.717, 1.165) is 12.1 Å². The average Bonchev–Trinajstić information content (AvgIpc) is 2.75. The Labute approximate surface area is 93.6 Å². The first kappa shape index (κ1) is 10.7. The smallest absolute Gasteiger partial charge is 0.205 e. The number of rotatable bonds is 3. The van der Waals surface area contributed by atoms with Gasteiger partial charge in [-0.1, -0.05) is 11.3 Å². The molecule has 2 aromatic rings. The number of nitrogens with zero attached hydrogens (tertiary/aromatic N) is 2. The fourth-order valence-electron chi connectivity index (χ4n) is 1.15. The summed E-state index contributed by atoms with van der Waals surface area (Å²) in [5, 5.41) is 19.6. The number of aromatic nitrogens is 2. The van der Waals surface area contributed by atoms with Gasteiger partial charge in [0.15, 0.2) is 17.4 Å². The molecular formula is C9H7F2N3OS. The second kappa shape index (κ2) is 4.40. The van der Waals surface area contributed by atoms with Crippen LogP contribution in [-0.2, 0) is 6.54 Å². The van der Waals surface area contributed by atoms with Crippen LogP contribution in [0.1, 0.15) is 5.56 Å². The van der Waals surface area contributed by atoms with E-state index in [1.165, 1.54) is 11.3 Å². The van der Waals surface area contributed by atoms with Gasteiger partial charge >= 0.3 is 0 Å². The van der Waals surface area contributed by atoms with E-state index in [1.54, 1.807) is 5.51 Å². The summed E-state index contributed by atoms with van der Waals surface area (Å²) in [6.07, 6.45) is 0. The molecule has 0 saturated carbocycles. The molecule has 0 saturated heterocycles. The minimum absolute atomic E-state index is 0.212. The number of phenolic OH excluding ortho intramolecular Hbond substituents is 1. The molecule has 2 N–H and O–H groups in total. The first-order valence-electron chi connectivity index (χ1n) is 4.34. The number of aromatic hydroxyl groups is 1. The maximum Gasteiger partial charge on any atom is 0.205 e. The number of nitrogens with one attached hydrogen (secondary N) is 1. The number of phenols is 1. The van der Waals surface area contributed by atoms with Crippen molar-refractivity contribution in [2.75, 3.05) is 5.32 Å². The van der Waals surface area contributed by atoms with Gasteiger partial charge in [-0.3, -0.25) is 0 Å². The predicted molar refractivity (Wildman–Crippen MR) is 55.3 cm³/mol. The molecule has 0 aliphatic carbocycles. The van der Waals surface area contributed by atoms with E-state index in [9.17, 15) is 8.78 Å². The highest BCUT2D eigenvalue weighted by Gasteiger charge is 2.09. The molecule has 0 spiro atoms. The molecule has 2 rings (SSSR count). The summed E-state index contributed by atoms with van der Waals surface area (Å²) < 4.78 is 25.9. The Morgan fingerprint density at radius 2 is 2.00 bits per heavy atom. The Balaban J connectivity index is 2.10. The second-order valence-corrected chi connectivity index (χ2v) is 3.84. The maximum absolute atomic E-state index is 13.0. The third-order valence-corrected chi connectivity index (χ3v) is 2.53. The molecule has 84 valence electrons. The quantitative estimate of drug-likeness (QED) is 0.867. The summed E-state index contributed by atoms with van der Waals surface area (Å²) in [5.41, 5.74) is 1.92. The topological polar surface area (TPSA) is 58.0 Å². The average molecular weight is 243 g/mol. The third kappa shape index (κ3) is 2.25. The van der Waals surface area contributed by atoms with Crippen molar-refractivity contribution in [3.63, 3.8) is 0 Å². The third-order valence-electron chi connectivity index (χ3n) is 1.88. The van der Waals surface area contributed by atoms with Gasteiger partial charge in [0.1, 0.15) is 5.51 Å². The highest BCUT2D eigenvalue weighted by molar-refractivity contribution is 7.13. The molecule has 0 amide bonds. The van der Waals surface area contributed by atoms with Gasteiger partial charge in [-0.25, -0.2) is 8.78 Å². The van der Waals surface area contributed by atoms with Crippen molar-refractivity contribution >= 4 is 16.5 Å². The fourth-order valence-corrected chi connectivity index (χ4v) is 1.59. The van der Waals surface area contributed by atoms with E-state index >= 15 is 0 Å². The standard InChI is InChI=1S/C9H7F2N3OS/c10-6-1-5(2-7(11)8(6)15)3-12-9-14-13-4-16-9/h1-2,4,15H,3H2,(H,12,14). The Morgan fingerprint density at radius 3 is 2.56 bits per heavy atom. The highest BCUT2D eigenvalue weighted by atomic mass is 32.1. The van der Waals surface area contributed by atoms with Crippen molar-refractivity contribution in [3.8, 4) is 5.75 Å². The molecule has 1 heterocycles. The van der Waals surface area contributed by atoms with Crippen LogP contribution in [0, 0.1) is 11.6 Å². The molecule has 1 aromatic carbocycles. The van der Waals surface area contributed by atoms with E-state index < -0.39 is 17.4 Å². The summed E-state index contributed by atoms with van der Waals surface area (Å²) in [6, 6.07) is 2.12. The SMILES string of the molecule is Oc1c(F)cc(CNc2nncs2)cc1F. The fraction of sp³-hybridized carbons (Fsp3) is 0.111. The lowest BCUT2D eigenvalue weighted by Crippen LogP contribution is -2.00. The summed E-state index contributed by atoms with van der Waals surface area (Å²) in [4.78, 5) is 0. The molecule has 0 aliphatic heterocycles. The van der Waals surface area contributed by atoms with E-state index in [0.29, 0.717) is 10.7 Å². The predicted octanol–water partition coefficient (Wildman–Crippen LogP) is 2.13. The van der Waals surface area contributed by atoms with Crippen LogP contribution in [0.25, 0.3) is 0 Å². The Morgan fingerprint density at radius 1 is 1.31 bits per heavy atom. The summed E-state index contributed by atoms with van der Waals surface area (Å²) in [5.74, 6) is -2.91. The van der Waals surface area contributed by atoms with Gasteiger partial charge in [0.25, 0.3) is 0 Å². The van der Waals surface area contributed by atoms with Crippen molar-refractivity contribution in [2.45, 2.75) is 6.54 Å². The monoisotopic (exact) mass is 243 g/mol. The highest BCUT2D eigenvalue weighted by Crippen LogP contribution is 2.22. The molecule has 0 fully saturated rings. The molecule has 16 heavy (non-hydrogen) atoms. The summed E-state index contributed by atoms with van der Waals surface area (Å²) in [6.45, 7) is 0.212. The second-order valence-electron chi connectivity index (χ2n) is 3.01. The van der Waals surface area contributed by atoms with Crippen LogP contribution in [0.2, 0.25) is 0 Å². The van der Waals surface area contributed by atoms with Crippen LogP contribution in [0.3, 0.4) is 0 Å². The zero-order valence-electron chi connectivity index (χ0n) is 7.94. The van der Waals surface area contributed by atoms with Crippen LogP contribution in [0.15, 0.2) is 17.6 Å². The lowest BCUT2D eigenvalue weighted by molar-refractivity contribution is 0.395. The van der Waals surface area contributed by atoms with Crippen LogP contribution in [0.4, 0.5) is 13.9 Å². The zero-order valence-corrected chi connectivity index (χ0v) is 8.76. The van der Waals surface area contributed by atoms with Crippen molar-refractivity contribution < 1.29 is 13.9 Å². The number of hydrogen-bond acceptors (Lipinski definition) is 5. The molecule has 0 aliphatic rings. The summed E-state index contributed by atoms with van der Waals surface area (Å²) in [7, 11) is 0. The molecular weight excluding hydrogens is 236 g/mol. The molecule has 0 unspecified atom stereocenters. The Bertz CT molecular complexity index is 466. The van der Waals surface area contributed by atoms with Crippen LogP contribution >= 0.6 is 11.3 Å². The van der Waals surface area contributed by atoms with Crippen LogP contribution < -0.4 is 5.32 Å². The molecule has 0 radical (unpaired) electrons. The van der Waals surface area contributed by atoms with Gasteiger partial charge < -0.3 is 10.4 Å². The van der Waals surface area contributed by atoms with Crippen molar-refractivity contribution in [2.24, 2.45) is 0 Å². The van der Waals surface area contributed by atoms with E-state index in [4.69, 9.17) is 5.11 Å². The number of anilines is 1. The van der Waals surface area contributed by atoms with Crippen molar-refractivity contribution in [3.05, 3.63) is 34.8 Å². The van der Waals surface area contributed by atoms with Gasteiger partial charge in [0.2, 0.25) is 5.13 Å². The van der Waals surface area contributed by atoms with E-state index in [-0.39, 0.29) is 6.54 Å². The molecule has 4 nitrogen and oxygen atoms in total. The Hall–Kier alpha value is -1.76. The lowest BCUT2D eigenvalue weighted by atomic mass is 10.2. The number of benzene rings is 1. The molecule has 0 bridgehead atoms. The minimum Gasteiger partial charge on any atom is -0.503 e. The molecule has 0 atom stereocenters. The van der Waals surface area contributed by atoms with Crippen molar-refractivity contribution in [1.82, 2.24) is 10.2 Å². The largest absolute Gasteiger partial charge is 0.503 e. The maximum atomic E-state index is 13.0. The van der Waals surface area contributed by atoms with E-state index in [2.05, 4.69) is 15.5 Å². The first-order valence-corrected chi connectivity index (χ1v) is 5.21. The van der Waals surface area contributed by atoms with Gasteiger partial charge in [0.05, 0.1) is 0 Å². The van der Waals surface area contributed by atoms with Crippen molar-refractivity contribution in [1.29, 1.82) is 0 Å². The van der Waals surface area contributed by atoms with Gasteiger partial charge in [-0.15, -0.1) is 10.2 Å². The zero-order chi connectivity index (χ0) is 11.5. The molecule has 1 aromatic heterocycles. The number of hydrogen-bond donors (Lipinski definition) is 2. The van der Waals surface area contributed by atoms with E-state index in [1.807, 2.05) is 0 Å². The van der Waals surface area contributed by atoms with Gasteiger partial charge in [-0.2, -0.15) is 0 Å².